The van der Waals surface area contributed by atoms with E-state index in [4.69, 9.17) is 21.1 Å². The Balaban J connectivity index is 1.72. The minimum atomic E-state index is -0.140. The molecule has 0 spiro atoms. The number of fused-ring (bicyclic) bond motifs is 1. The van der Waals surface area contributed by atoms with Crippen molar-refractivity contribution < 1.29 is 14.3 Å². The molecule has 0 radical (unpaired) electrons. The number of benzene rings is 2. The number of hydrogen-bond donors (Lipinski definition) is 1. The van der Waals surface area contributed by atoms with Crippen LogP contribution in [0.15, 0.2) is 42.5 Å². The summed E-state index contributed by atoms with van der Waals surface area (Å²) in [6.07, 6.45) is 0. The van der Waals surface area contributed by atoms with E-state index in [2.05, 4.69) is 5.32 Å². The first-order chi connectivity index (χ1) is 10.6. The Morgan fingerprint density at radius 3 is 2.50 bits per heavy atom. The Morgan fingerprint density at radius 2 is 1.77 bits per heavy atom. The largest absolute Gasteiger partial charge is 0.486 e. The van der Waals surface area contributed by atoms with Gasteiger partial charge in [-0.3, -0.25) is 4.79 Å². The SMILES string of the molecule is C[C@@H](NC(=O)c1ccc(Cl)cc1)c1ccc2c(c1)OCCO2. The molecule has 1 N–H and O–H groups in total. The van der Waals surface area contributed by atoms with Crippen LogP contribution in [-0.4, -0.2) is 19.1 Å². The molecule has 114 valence electrons. The Hall–Kier alpha value is -2.20. The average molecular weight is 318 g/mol. The van der Waals surface area contributed by atoms with Crippen molar-refractivity contribution in [2.75, 3.05) is 13.2 Å². The second kappa shape index (κ2) is 6.28. The summed E-state index contributed by atoms with van der Waals surface area (Å²) >= 11 is 5.83. The fourth-order valence-corrected chi connectivity index (χ4v) is 2.42. The lowest BCUT2D eigenvalue weighted by Crippen LogP contribution is -2.26. The summed E-state index contributed by atoms with van der Waals surface area (Å²) in [6.45, 7) is 3.04. The normalized spacial score (nSPS) is 14.3. The van der Waals surface area contributed by atoms with Gasteiger partial charge in [-0.15, -0.1) is 0 Å². The molecule has 1 aliphatic rings. The molecule has 2 aromatic rings. The molecule has 0 unspecified atom stereocenters. The van der Waals surface area contributed by atoms with Crippen molar-refractivity contribution in [3.8, 4) is 11.5 Å². The van der Waals surface area contributed by atoms with E-state index in [1.807, 2.05) is 25.1 Å². The van der Waals surface area contributed by atoms with E-state index in [-0.39, 0.29) is 11.9 Å². The van der Waals surface area contributed by atoms with Gasteiger partial charge in [-0.25, -0.2) is 0 Å². The summed E-state index contributed by atoms with van der Waals surface area (Å²) in [5, 5.41) is 3.57. The van der Waals surface area contributed by atoms with E-state index in [0.29, 0.717) is 23.8 Å². The lowest BCUT2D eigenvalue weighted by molar-refractivity contribution is 0.0939. The van der Waals surface area contributed by atoms with Crippen molar-refractivity contribution >= 4 is 17.5 Å². The topological polar surface area (TPSA) is 47.6 Å². The summed E-state index contributed by atoms with van der Waals surface area (Å²) in [5.74, 6) is 1.32. The molecule has 1 aliphatic heterocycles. The van der Waals surface area contributed by atoms with Crippen molar-refractivity contribution in [1.82, 2.24) is 5.32 Å². The molecule has 22 heavy (non-hydrogen) atoms. The van der Waals surface area contributed by atoms with E-state index in [0.717, 1.165) is 17.1 Å². The molecule has 0 fully saturated rings. The number of nitrogens with one attached hydrogen (secondary N) is 1. The maximum atomic E-state index is 12.2. The number of rotatable bonds is 3. The molecule has 0 aromatic heterocycles. The van der Waals surface area contributed by atoms with Crippen LogP contribution in [0.1, 0.15) is 28.9 Å². The van der Waals surface area contributed by atoms with Crippen LogP contribution in [0.3, 0.4) is 0 Å². The Bertz CT molecular complexity index is 685. The van der Waals surface area contributed by atoms with Gasteiger partial charge in [-0.2, -0.15) is 0 Å². The predicted octanol–water partition coefficient (Wildman–Crippen LogP) is 3.60. The molecule has 0 aliphatic carbocycles. The van der Waals surface area contributed by atoms with Crippen LogP contribution in [-0.2, 0) is 0 Å². The summed E-state index contributed by atoms with van der Waals surface area (Å²) in [6, 6.07) is 12.4. The zero-order valence-electron chi connectivity index (χ0n) is 12.1. The highest BCUT2D eigenvalue weighted by atomic mass is 35.5. The first-order valence-electron chi connectivity index (χ1n) is 7.09. The fourth-order valence-electron chi connectivity index (χ4n) is 2.29. The molecule has 1 amide bonds. The van der Waals surface area contributed by atoms with Gasteiger partial charge in [0, 0.05) is 10.6 Å². The van der Waals surface area contributed by atoms with Crippen molar-refractivity contribution in [1.29, 1.82) is 0 Å². The summed E-state index contributed by atoms with van der Waals surface area (Å²) in [5.41, 5.74) is 1.54. The minimum absolute atomic E-state index is 0.140. The molecule has 3 rings (SSSR count). The van der Waals surface area contributed by atoms with Crippen molar-refractivity contribution in [2.24, 2.45) is 0 Å². The lowest BCUT2D eigenvalue weighted by atomic mass is 10.1. The van der Waals surface area contributed by atoms with Gasteiger partial charge in [0.25, 0.3) is 5.91 Å². The highest BCUT2D eigenvalue weighted by Crippen LogP contribution is 2.32. The lowest BCUT2D eigenvalue weighted by Gasteiger charge is -2.21. The van der Waals surface area contributed by atoms with E-state index >= 15 is 0 Å². The van der Waals surface area contributed by atoms with E-state index < -0.39 is 0 Å². The maximum absolute atomic E-state index is 12.2. The van der Waals surface area contributed by atoms with Crippen LogP contribution >= 0.6 is 11.6 Å². The first-order valence-corrected chi connectivity index (χ1v) is 7.47. The molecule has 0 bridgehead atoms. The third-order valence-electron chi connectivity index (χ3n) is 3.52. The van der Waals surface area contributed by atoms with Crippen molar-refractivity contribution in [3.63, 3.8) is 0 Å². The number of halogens is 1. The molecule has 0 saturated heterocycles. The third-order valence-corrected chi connectivity index (χ3v) is 3.77. The number of carbonyl (C=O) groups excluding carboxylic acids is 1. The molecule has 4 nitrogen and oxygen atoms in total. The predicted molar refractivity (Wildman–Crippen MR) is 84.8 cm³/mol. The monoisotopic (exact) mass is 317 g/mol. The zero-order chi connectivity index (χ0) is 15.5. The van der Waals surface area contributed by atoms with Gasteiger partial charge in [0.05, 0.1) is 6.04 Å². The number of carbonyl (C=O) groups is 1. The Labute approximate surface area is 134 Å². The molecule has 0 saturated carbocycles. The molecule has 2 aromatic carbocycles. The molecule has 1 heterocycles. The quantitative estimate of drug-likeness (QED) is 0.941. The van der Waals surface area contributed by atoms with Crippen LogP contribution in [0.2, 0.25) is 5.02 Å². The Morgan fingerprint density at radius 1 is 1.09 bits per heavy atom. The van der Waals surface area contributed by atoms with Crippen LogP contribution in [0, 0.1) is 0 Å². The van der Waals surface area contributed by atoms with Gasteiger partial charge in [0.15, 0.2) is 11.5 Å². The summed E-state index contributed by atoms with van der Waals surface area (Å²) in [4.78, 5) is 12.2. The standard InChI is InChI=1S/C17H16ClNO3/c1-11(19-17(20)12-2-5-14(18)6-3-12)13-4-7-15-16(10-13)22-9-8-21-15/h2-7,10-11H,8-9H2,1H3,(H,19,20)/t11-/m1/s1. The van der Waals surface area contributed by atoms with Gasteiger partial charge in [-0.1, -0.05) is 17.7 Å². The number of amides is 1. The number of hydrogen-bond acceptors (Lipinski definition) is 3. The fraction of sp³-hybridized carbons (Fsp3) is 0.235. The second-order valence-corrected chi connectivity index (χ2v) is 5.54. The van der Waals surface area contributed by atoms with Crippen molar-refractivity contribution in [3.05, 3.63) is 58.6 Å². The van der Waals surface area contributed by atoms with E-state index in [1.165, 1.54) is 0 Å². The van der Waals surface area contributed by atoms with Crippen molar-refractivity contribution in [2.45, 2.75) is 13.0 Å². The van der Waals surface area contributed by atoms with Gasteiger partial charge >= 0.3 is 0 Å². The highest BCUT2D eigenvalue weighted by Gasteiger charge is 2.16. The van der Waals surface area contributed by atoms with E-state index in [1.54, 1.807) is 24.3 Å². The third kappa shape index (κ3) is 3.17. The van der Waals surface area contributed by atoms with Crippen LogP contribution in [0.4, 0.5) is 0 Å². The highest BCUT2D eigenvalue weighted by molar-refractivity contribution is 6.30. The van der Waals surface area contributed by atoms with Gasteiger partial charge < -0.3 is 14.8 Å². The van der Waals surface area contributed by atoms with Gasteiger partial charge in [-0.05, 0) is 48.9 Å². The second-order valence-electron chi connectivity index (χ2n) is 5.11. The van der Waals surface area contributed by atoms with Crippen LogP contribution < -0.4 is 14.8 Å². The van der Waals surface area contributed by atoms with Gasteiger partial charge in [0.2, 0.25) is 0 Å². The zero-order valence-corrected chi connectivity index (χ0v) is 12.9. The first kappa shape index (κ1) is 14.7. The van der Waals surface area contributed by atoms with Gasteiger partial charge in [0.1, 0.15) is 13.2 Å². The smallest absolute Gasteiger partial charge is 0.251 e. The van der Waals surface area contributed by atoms with Crippen LogP contribution in [0.25, 0.3) is 0 Å². The molecular formula is C17H16ClNO3. The Kier molecular flexibility index (Phi) is 4.20. The molecule has 1 atom stereocenters. The summed E-state index contributed by atoms with van der Waals surface area (Å²) in [7, 11) is 0. The van der Waals surface area contributed by atoms with Crippen LogP contribution in [0.5, 0.6) is 11.5 Å². The molecule has 5 heteroatoms. The van der Waals surface area contributed by atoms with E-state index in [9.17, 15) is 4.79 Å². The molecular weight excluding hydrogens is 302 g/mol. The average Bonchev–Trinajstić information content (AvgIpc) is 2.55. The number of ether oxygens (including phenoxy) is 2. The maximum Gasteiger partial charge on any atom is 0.251 e. The summed E-state index contributed by atoms with van der Waals surface area (Å²) < 4.78 is 11.1. The minimum Gasteiger partial charge on any atom is -0.486 e.